The number of carbonyl (C=O) groups excluding carboxylic acids is 1. The number of fused-ring (bicyclic) bond motifs is 1. The lowest BCUT2D eigenvalue weighted by molar-refractivity contribution is 0.0984. The Morgan fingerprint density at radius 3 is 2.54 bits per heavy atom. The van der Waals surface area contributed by atoms with Gasteiger partial charge < -0.3 is 10.2 Å². The van der Waals surface area contributed by atoms with Crippen LogP contribution in [-0.4, -0.2) is 22.4 Å². The molecule has 0 saturated heterocycles. The van der Waals surface area contributed by atoms with E-state index in [-0.39, 0.29) is 5.91 Å². The lowest BCUT2D eigenvalue weighted by Crippen LogP contribution is -2.35. The number of benzene rings is 2. The minimum atomic E-state index is -0.0564. The molecule has 130 valence electrons. The second-order valence-corrected chi connectivity index (χ2v) is 6.48. The van der Waals surface area contributed by atoms with Crippen molar-refractivity contribution in [1.29, 1.82) is 0 Å². The molecule has 1 N–H and O–H groups in total. The summed E-state index contributed by atoms with van der Waals surface area (Å²) in [5.41, 5.74) is 4.81. The average Bonchev–Trinajstić information content (AvgIpc) is 2.69. The van der Waals surface area contributed by atoms with Gasteiger partial charge in [0, 0.05) is 30.3 Å². The maximum absolute atomic E-state index is 12.9. The van der Waals surface area contributed by atoms with Crippen LogP contribution in [-0.2, 0) is 6.42 Å². The van der Waals surface area contributed by atoms with Crippen molar-refractivity contribution in [3.05, 3.63) is 77.6 Å². The second-order valence-electron chi connectivity index (χ2n) is 6.48. The second kappa shape index (κ2) is 6.96. The highest BCUT2D eigenvalue weighted by Crippen LogP contribution is 2.28. The van der Waals surface area contributed by atoms with Crippen molar-refractivity contribution < 1.29 is 4.79 Å². The Hall–Kier alpha value is -3.21. The Morgan fingerprint density at radius 1 is 1.04 bits per heavy atom. The van der Waals surface area contributed by atoms with E-state index in [1.807, 2.05) is 54.3 Å². The third-order valence-corrected chi connectivity index (χ3v) is 4.56. The van der Waals surface area contributed by atoms with E-state index < -0.39 is 0 Å². The van der Waals surface area contributed by atoms with E-state index in [0.29, 0.717) is 11.5 Å². The number of para-hydroxylation sites is 1. The highest BCUT2D eigenvalue weighted by atomic mass is 16.2. The quantitative estimate of drug-likeness (QED) is 0.776. The molecule has 2 heterocycles. The first-order chi connectivity index (χ1) is 12.7. The van der Waals surface area contributed by atoms with E-state index in [9.17, 15) is 4.79 Å². The van der Waals surface area contributed by atoms with Gasteiger partial charge in [0.25, 0.3) is 5.91 Å². The van der Waals surface area contributed by atoms with Crippen LogP contribution >= 0.6 is 0 Å². The third kappa shape index (κ3) is 3.28. The molecule has 0 radical (unpaired) electrons. The standard InChI is InChI=1S/C21H20N4O/c1-15-8-10-18(11-9-15)24-21-22-13-17(14-23-21)20(26)25-12-4-6-16-5-2-3-7-19(16)25/h2-3,5,7-11,13-14H,4,6,12H2,1H3,(H,22,23,24). The molecule has 4 rings (SSSR count). The zero-order chi connectivity index (χ0) is 17.9. The molecule has 0 unspecified atom stereocenters. The molecule has 3 aromatic rings. The van der Waals surface area contributed by atoms with Gasteiger partial charge in [-0.1, -0.05) is 35.9 Å². The van der Waals surface area contributed by atoms with Crippen LogP contribution in [0.3, 0.4) is 0 Å². The number of aromatic nitrogens is 2. The number of hydrogen-bond acceptors (Lipinski definition) is 4. The Balaban J connectivity index is 1.52. The van der Waals surface area contributed by atoms with Gasteiger partial charge in [0.2, 0.25) is 5.95 Å². The number of nitrogens with zero attached hydrogens (tertiary/aromatic N) is 3. The van der Waals surface area contributed by atoms with Crippen molar-refractivity contribution in [2.75, 3.05) is 16.8 Å². The molecule has 1 amide bonds. The molecule has 1 aromatic heterocycles. The number of carbonyl (C=O) groups is 1. The fourth-order valence-electron chi connectivity index (χ4n) is 3.17. The molecule has 1 aliphatic rings. The molecule has 0 bridgehead atoms. The predicted molar refractivity (Wildman–Crippen MR) is 103 cm³/mol. The number of rotatable bonds is 3. The predicted octanol–water partition coefficient (Wildman–Crippen LogP) is 4.12. The van der Waals surface area contributed by atoms with Crippen molar-refractivity contribution in [2.24, 2.45) is 0 Å². The monoisotopic (exact) mass is 344 g/mol. The zero-order valence-electron chi connectivity index (χ0n) is 14.6. The molecule has 0 fully saturated rings. The Labute approximate surface area is 152 Å². The molecule has 1 aliphatic heterocycles. The number of amides is 1. The number of nitrogens with one attached hydrogen (secondary N) is 1. The largest absolute Gasteiger partial charge is 0.324 e. The van der Waals surface area contributed by atoms with Crippen molar-refractivity contribution in [2.45, 2.75) is 19.8 Å². The van der Waals surface area contributed by atoms with Gasteiger partial charge in [-0.25, -0.2) is 9.97 Å². The van der Waals surface area contributed by atoms with Crippen LogP contribution in [0.1, 0.15) is 27.9 Å². The van der Waals surface area contributed by atoms with Gasteiger partial charge in [0.15, 0.2) is 0 Å². The molecule has 2 aromatic carbocycles. The Kier molecular flexibility index (Phi) is 4.35. The summed E-state index contributed by atoms with van der Waals surface area (Å²) in [6, 6.07) is 16.1. The summed E-state index contributed by atoms with van der Waals surface area (Å²) in [6.45, 7) is 2.76. The zero-order valence-corrected chi connectivity index (χ0v) is 14.6. The smallest absolute Gasteiger partial charge is 0.261 e. The molecular weight excluding hydrogens is 324 g/mol. The molecule has 5 nitrogen and oxygen atoms in total. The summed E-state index contributed by atoms with van der Waals surface area (Å²) < 4.78 is 0. The van der Waals surface area contributed by atoms with E-state index in [1.165, 1.54) is 11.1 Å². The first kappa shape index (κ1) is 16.3. The summed E-state index contributed by atoms with van der Waals surface area (Å²) >= 11 is 0. The van der Waals surface area contributed by atoms with Crippen LogP contribution in [0, 0.1) is 6.92 Å². The van der Waals surface area contributed by atoms with E-state index >= 15 is 0 Å². The molecule has 0 spiro atoms. The van der Waals surface area contributed by atoms with Gasteiger partial charge in [0.05, 0.1) is 5.56 Å². The summed E-state index contributed by atoms with van der Waals surface area (Å²) in [5.74, 6) is 0.420. The molecular formula is C21H20N4O. The van der Waals surface area contributed by atoms with Crippen LogP contribution in [0.15, 0.2) is 60.9 Å². The fraction of sp³-hybridized carbons (Fsp3) is 0.190. The molecule has 5 heteroatoms. The minimum Gasteiger partial charge on any atom is -0.324 e. The van der Waals surface area contributed by atoms with Gasteiger partial charge in [0.1, 0.15) is 0 Å². The summed E-state index contributed by atoms with van der Waals surface area (Å²) in [5, 5.41) is 3.15. The van der Waals surface area contributed by atoms with Crippen molar-refractivity contribution in [1.82, 2.24) is 9.97 Å². The normalized spacial score (nSPS) is 13.2. The van der Waals surface area contributed by atoms with Crippen LogP contribution in [0.4, 0.5) is 17.3 Å². The fourth-order valence-corrected chi connectivity index (χ4v) is 3.17. The van der Waals surface area contributed by atoms with E-state index in [0.717, 1.165) is 30.8 Å². The minimum absolute atomic E-state index is 0.0564. The number of hydrogen-bond donors (Lipinski definition) is 1. The van der Waals surface area contributed by atoms with Crippen LogP contribution in [0.25, 0.3) is 0 Å². The lowest BCUT2D eigenvalue weighted by Gasteiger charge is -2.29. The molecule has 26 heavy (non-hydrogen) atoms. The summed E-state index contributed by atoms with van der Waals surface area (Å²) in [7, 11) is 0. The summed E-state index contributed by atoms with van der Waals surface area (Å²) in [4.78, 5) is 23.3. The van der Waals surface area contributed by atoms with E-state index in [1.54, 1.807) is 12.4 Å². The maximum Gasteiger partial charge on any atom is 0.261 e. The van der Waals surface area contributed by atoms with Crippen molar-refractivity contribution in [3.63, 3.8) is 0 Å². The molecule has 0 saturated carbocycles. The van der Waals surface area contributed by atoms with Crippen LogP contribution < -0.4 is 10.2 Å². The maximum atomic E-state index is 12.9. The SMILES string of the molecule is Cc1ccc(Nc2ncc(C(=O)N3CCCc4ccccc43)cn2)cc1. The van der Waals surface area contributed by atoms with Crippen molar-refractivity contribution >= 4 is 23.2 Å². The first-order valence-corrected chi connectivity index (χ1v) is 8.76. The topological polar surface area (TPSA) is 58.1 Å². The van der Waals surface area contributed by atoms with Crippen LogP contribution in [0.5, 0.6) is 0 Å². The first-order valence-electron chi connectivity index (χ1n) is 8.76. The molecule has 0 atom stereocenters. The van der Waals surface area contributed by atoms with Crippen molar-refractivity contribution in [3.8, 4) is 0 Å². The third-order valence-electron chi connectivity index (χ3n) is 4.56. The van der Waals surface area contributed by atoms with Gasteiger partial charge >= 0.3 is 0 Å². The van der Waals surface area contributed by atoms with E-state index in [2.05, 4.69) is 21.4 Å². The lowest BCUT2D eigenvalue weighted by atomic mass is 10.0. The Bertz CT molecular complexity index is 920. The van der Waals surface area contributed by atoms with Gasteiger partial charge in [-0.3, -0.25) is 4.79 Å². The number of aryl methyl sites for hydroxylation is 2. The van der Waals surface area contributed by atoms with Gasteiger partial charge in [-0.05, 0) is 43.5 Å². The van der Waals surface area contributed by atoms with E-state index in [4.69, 9.17) is 0 Å². The van der Waals surface area contributed by atoms with Crippen LogP contribution in [0.2, 0.25) is 0 Å². The number of anilines is 3. The highest BCUT2D eigenvalue weighted by Gasteiger charge is 2.23. The average molecular weight is 344 g/mol. The van der Waals surface area contributed by atoms with Gasteiger partial charge in [-0.2, -0.15) is 0 Å². The van der Waals surface area contributed by atoms with Gasteiger partial charge in [-0.15, -0.1) is 0 Å². The Morgan fingerprint density at radius 2 is 1.77 bits per heavy atom. The highest BCUT2D eigenvalue weighted by molar-refractivity contribution is 6.06. The summed E-state index contributed by atoms with van der Waals surface area (Å²) in [6.07, 6.45) is 5.15. The molecule has 0 aliphatic carbocycles.